The first-order valence-corrected chi connectivity index (χ1v) is 14.2. The molecule has 5 rings (SSSR count). The maximum atomic E-state index is 13.0. The van der Waals surface area contributed by atoms with Gasteiger partial charge in [-0.3, -0.25) is 4.79 Å². The molecule has 3 heterocycles. The number of fused-ring (bicyclic) bond motifs is 1. The van der Waals surface area contributed by atoms with Crippen LogP contribution in [0.3, 0.4) is 0 Å². The number of nitriles is 1. The summed E-state index contributed by atoms with van der Waals surface area (Å²) < 4.78 is 1.98. The molecule has 3 N–H and O–H groups in total. The van der Waals surface area contributed by atoms with E-state index in [4.69, 9.17) is 0 Å². The Kier molecular flexibility index (Phi) is 7.47. The number of nitrogens with zero attached hydrogens (tertiary/aromatic N) is 5. The molecule has 3 aliphatic rings. The molecule has 0 bridgehead atoms. The summed E-state index contributed by atoms with van der Waals surface area (Å²) in [6.07, 6.45) is 6.89. The summed E-state index contributed by atoms with van der Waals surface area (Å²) in [7, 11) is 0. The number of hydrogen-bond donors (Lipinski definition) is 3. The quantitative estimate of drug-likeness (QED) is 0.531. The number of hydrazine groups is 1. The lowest BCUT2D eigenvalue weighted by molar-refractivity contribution is -0.128. The summed E-state index contributed by atoms with van der Waals surface area (Å²) >= 11 is 0. The fraction of sp³-hybridized carbons (Fsp3) is 0.655. The fourth-order valence-electron chi connectivity index (χ4n) is 6.45. The van der Waals surface area contributed by atoms with E-state index in [1.54, 1.807) is 0 Å². The number of carbonyl (C=O) groups is 1. The number of hydrogen-bond acceptors (Lipinski definition) is 7. The maximum Gasteiger partial charge on any atom is 0.228 e. The van der Waals surface area contributed by atoms with Gasteiger partial charge in [0.15, 0.2) is 0 Å². The number of rotatable bonds is 6. The number of carbonyl (C=O) groups excluding carboxylic acids is 1. The van der Waals surface area contributed by atoms with Gasteiger partial charge >= 0.3 is 0 Å². The molecule has 204 valence electrons. The topological polar surface area (TPSA) is 111 Å². The molecule has 1 amide bonds. The van der Waals surface area contributed by atoms with E-state index >= 15 is 0 Å². The van der Waals surface area contributed by atoms with Crippen molar-refractivity contribution in [1.82, 2.24) is 30.7 Å². The molecule has 38 heavy (non-hydrogen) atoms. The minimum absolute atomic E-state index is 0.00322. The van der Waals surface area contributed by atoms with Crippen LogP contribution in [0.1, 0.15) is 84.0 Å². The molecule has 2 aromatic rings. The first-order valence-electron chi connectivity index (χ1n) is 14.2. The van der Waals surface area contributed by atoms with Gasteiger partial charge in [-0.15, -0.1) is 5.10 Å². The fourth-order valence-corrected chi connectivity index (χ4v) is 6.45. The maximum absolute atomic E-state index is 13.0. The van der Waals surface area contributed by atoms with E-state index in [1.807, 2.05) is 4.68 Å². The van der Waals surface area contributed by atoms with Crippen LogP contribution >= 0.6 is 0 Å². The molecular formula is C29H42N8O. The van der Waals surface area contributed by atoms with Gasteiger partial charge in [-0.05, 0) is 42.9 Å². The van der Waals surface area contributed by atoms with Crippen molar-refractivity contribution in [2.45, 2.75) is 96.4 Å². The first-order chi connectivity index (χ1) is 18.2. The summed E-state index contributed by atoms with van der Waals surface area (Å²) in [5.41, 5.74) is 6.69. The molecule has 2 saturated heterocycles. The van der Waals surface area contributed by atoms with Crippen molar-refractivity contribution in [3.63, 3.8) is 0 Å². The number of amides is 1. The highest BCUT2D eigenvalue weighted by Gasteiger charge is 2.51. The lowest BCUT2D eigenvalue weighted by atomic mass is 9.83. The van der Waals surface area contributed by atoms with Gasteiger partial charge < -0.3 is 10.6 Å². The molecule has 4 unspecified atom stereocenters. The van der Waals surface area contributed by atoms with Gasteiger partial charge in [0, 0.05) is 35.9 Å². The highest BCUT2D eigenvalue weighted by atomic mass is 16.2. The van der Waals surface area contributed by atoms with Crippen molar-refractivity contribution < 1.29 is 4.79 Å². The number of anilines is 1. The molecule has 1 aliphatic carbocycles. The second-order valence-corrected chi connectivity index (χ2v) is 12.6. The summed E-state index contributed by atoms with van der Waals surface area (Å²) in [5, 5.41) is 27.6. The minimum Gasteiger partial charge on any atom is -0.368 e. The van der Waals surface area contributed by atoms with Crippen molar-refractivity contribution in [3.05, 3.63) is 41.7 Å². The van der Waals surface area contributed by atoms with Gasteiger partial charge in [0.05, 0.1) is 29.6 Å². The highest BCUT2D eigenvalue weighted by molar-refractivity contribution is 5.82. The average Bonchev–Trinajstić information content (AvgIpc) is 3.51. The van der Waals surface area contributed by atoms with Crippen LogP contribution in [-0.4, -0.2) is 50.7 Å². The van der Waals surface area contributed by atoms with Crippen molar-refractivity contribution in [2.24, 2.45) is 17.8 Å². The van der Waals surface area contributed by atoms with E-state index in [0.717, 1.165) is 43.5 Å². The van der Waals surface area contributed by atoms with Gasteiger partial charge in [-0.25, -0.2) is 15.1 Å². The Hall–Kier alpha value is -2.96. The molecule has 0 radical (unpaired) electrons. The normalized spacial score (nSPS) is 29.0. The summed E-state index contributed by atoms with van der Waals surface area (Å²) in [6, 6.07) is 11.3. The van der Waals surface area contributed by atoms with Crippen LogP contribution < -0.4 is 16.1 Å². The van der Waals surface area contributed by atoms with Gasteiger partial charge in [-0.1, -0.05) is 64.8 Å². The zero-order valence-electron chi connectivity index (χ0n) is 23.3. The second-order valence-electron chi connectivity index (χ2n) is 12.6. The second kappa shape index (κ2) is 10.7. The molecule has 1 aromatic heterocycles. The van der Waals surface area contributed by atoms with E-state index < -0.39 is 0 Å². The number of piperidine rings is 1. The molecule has 9 heteroatoms. The predicted molar refractivity (Wildman–Crippen MR) is 147 cm³/mol. The van der Waals surface area contributed by atoms with E-state index in [0.29, 0.717) is 12.5 Å². The highest BCUT2D eigenvalue weighted by Crippen LogP contribution is 2.37. The lowest BCUT2D eigenvalue weighted by Crippen LogP contribution is -2.54. The number of benzene rings is 1. The predicted octanol–water partition coefficient (Wildman–Crippen LogP) is 3.97. The molecule has 6 atom stereocenters. The third kappa shape index (κ3) is 5.16. The molecular weight excluding hydrogens is 476 g/mol. The molecule has 9 nitrogen and oxygen atoms in total. The van der Waals surface area contributed by atoms with Gasteiger partial charge in [0.1, 0.15) is 6.17 Å². The molecule has 3 fully saturated rings. The Labute approximate surface area is 226 Å². The minimum atomic E-state index is -0.224. The third-order valence-corrected chi connectivity index (χ3v) is 8.48. The molecule has 1 aromatic carbocycles. The number of nitrogens with one attached hydrogen (secondary N) is 3. The Morgan fingerprint density at radius 3 is 2.50 bits per heavy atom. The standard InChI is InChI=1S/C29H42N8O/c1-18(2)26(36-17-24(33-35-36)29(3,4)5)19-10-12-21(13-11-19)32-27-25-23(14-15-31-28(25)38)37(34-27)22-9-7-6-8-20(22)16-30/h10-13,17-18,20,22-23,25-27,32,34H,6-9,14-15H2,1-5H3,(H,31,38)/t20-,22+,23?,25?,26?,27?/m1/s1. The Morgan fingerprint density at radius 2 is 1.84 bits per heavy atom. The summed E-state index contributed by atoms with van der Waals surface area (Å²) in [4.78, 5) is 13.0. The van der Waals surface area contributed by atoms with E-state index in [-0.39, 0.29) is 47.4 Å². The SMILES string of the molecule is CC(C)C(c1ccc(NC2NN([C@H]3CCCC[C@@H]3C#N)C3CCNC(=O)C23)cc1)n1cc(C(C)(C)C)nn1. The zero-order chi connectivity index (χ0) is 27.0. The van der Waals surface area contributed by atoms with E-state index in [2.05, 4.69) is 103 Å². The van der Waals surface area contributed by atoms with Crippen molar-refractivity contribution in [2.75, 3.05) is 11.9 Å². The van der Waals surface area contributed by atoms with Crippen molar-refractivity contribution in [3.8, 4) is 6.07 Å². The molecule has 0 spiro atoms. The van der Waals surface area contributed by atoms with Crippen LogP contribution in [0.15, 0.2) is 30.5 Å². The third-order valence-electron chi connectivity index (χ3n) is 8.48. The average molecular weight is 519 g/mol. The molecule has 2 aliphatic heterocycles. The first kappa shape index (κ1) is 26.6. The van der Waals surface area contributed by atoms with Crippen LogP contribution in [0, 0.1) is 29.1 Å². The zero-order valence-corrected chi connectivity index (χ0v) is 23.3. The van der Waals surface area contributed by atoms with Gasteiger partial charge in [-0.2, -0.15) is 5.26 Å². The summed E-state index contributed by atoms with van der Waals surface area (Å²) in [5.74, 6) is 0.210. The number of aromatic nitrogens is 3. The van der Waals surface area contributed by atoms with E-state index in [9.17, 15) is 10.1 Å². The smallest absolute Gasteiger partial charge is 0.228 e. The largest absolute Gasteiger partial charge is 0.368 e. The van der Waals surface area contributed by atoms with Gasteiger partial charge in [0.25, 0.3) is 0 Å². The Bertz CT molecular complexity index is 1160. The van der Waals surface area contributed by atoms with Crippen LogP contribution in [0.25, 0.3) is 0 Å². The van der Waals surface area contributed by atoms with Crippen molar-refractivity contribution >= 4 is 11.6 Å². The molecule has 1 saturated carbocycles. The van der Waals surface area contributed by atoms with Crippen LogP contribution in [-0.2, 0) is 10.2 Å². The van der Waals surface area contributed by atoms with Crippen LogP contribution in [0.5, 0.6) is 0 Å². The van der Waals surface area contributed by atoms with Gasteiger partial charge in [0.2, 0.25) is 5.91 Å². The monoisotopic (exact) mass is 518 g/mol. The Morgan fingerprint density at radius 1 is 1.11 bits per heavy atom. The van der Waals surface area contributed by atoms with Crippen LogP contribution in [0.2, 0.25) is 0 Å². The Balaban J connectivity index is 1.34. The van der Waals surface area contributed by atoms with Crippen molar-refractivity contribution in [1.29, 1.82) is 5.26 Å². The van der Waals surface area contributed by atoms with E-state index in [1.165, 1.54) is 5.56 Å². The van der Waals surface area contributed by atoms with Crippen LogP contribution in [0.4, 0.5) is 5.69 Å². The summed E-state index contributed by atoms with van der Waals surface area (Å²) in [6.45, 7) is 11.5. The lowest BCUT2D eigenvalue weighted by Gasteiger charge is -2.39.